The summed E-state index contributed by atoms with van der Waals surface area (Å²) in [5.74, 6) is 1.63. The number of carbonyl (C=O) groups is 1. The van der Waals surface area contributed by atoms with E-state index in [1.807, 2.05) is 35.4 Å². The molecule has 1 aliphatic heterocycles. The maximum Gasteiger partial charge on any atom is 0.255 e. The number of carbonyl (C=O) groups excluding carboxylic acids is 1. The van der Waals surface area contributed by atoms with E-state index in [0.717, 1.165) is 23.6 Å². The van der Waals surface area contributed by atoms with E-state index in [0.29, 0.717) is 42.5 Å². The quantitative estimate of drug-likeness (QED) is 0.450. The SMILES string of the molecule is O=C(c1ccc(-n2cccn2)nc1)N1CCC(c2cc(CCOc3cccc(Cl)c3)[nH]n2)C1. The highest BCUT2D eigenvalue weighted by Crippen LogP contribution is 2.27. The van der Waals surface area contributed by atoms with Crippen molar-refractivity contribution in [1.29, 1.82) is 0 Å². The Bertz CT molecular complexity index is 1220. The number of amides is 1. The van der Waals surface area contributed by atoms with Gasteiger partial charge in [-0.05, 0) is 48.9 Å². The van der Waals surface area contributed by atoms with Crippen molar-refractivity contribution in [3.63, 3.8) is 0 Å². The summed E-state index contributed by atoms with van der Waals surface area (Å²) in [6.07, 6.45) is 6.71. The van der Waals surface area contributed by atoms with Crippen LogP contribution < -0.4 is 4.74 Å². The third-order valence-corrected chi connectivity index (χ3v) is 5.95. The van der Waals surface area contributed by atoms with Crippen molar-refractivity contribution in [2.24, 2.45) is 0 Å². The molecule has 168 valence electrons. The highest BCUT2D eigenvalue weighted by Gasteiger charge is 2.29. The molecule has 1 unspecified atom stereocenters. The highest BCUT2D eigenvalue weighted by atomic mass is 35.5. The van der Waals surface area contributed by atoms with Gasteiger partial charge in [0.25, 0.3) is 5.91 Å². The summed E-state index contributed by atoms with van der Waals surface area (Å²) in [5, 5.41) is 12.4. The van der Waals surface area contributed by atoms with E-state index in [1.54, 1.807) is 35.3 Å². The van der Waals surface area contributed by atoms with Crippen LogP contribution in [0.4, 0.5) is 0 Å². The third kappa shape index (κ3) is 4.90. The molecule has 5 rings (SSSR count). The molecule has 4 heterocycles. The lowest BCUT2D eigenvalue weighted by atomic mass is 10.0. The molecular formula is C24H23ClN6O2. The predicted octanol–water partition coefficient (Wildman–Crippen LogP) is 3.90. The second kappa shape index (κ2) is 9.46. The number of nitrogens with zero attached hydrogens (tertiary/aromatic N) is 5. The Kier molecular flexibility index (Phi) is 6.08. The van der Waals surface area contributed by atoms with Gasteiger partial charge in [-0.1, -0.05) is 17.7 Å². The first-order chi connectivity index (χ1) is 16.2. The molecule has 3 aromatic heterocycles. The Labute approximate surface area is 196 Å². The molecule has 1 fully saturated rings. The second-order valence-corrected chi connectivity index (χ2v) is 8.40. The fraction of sp³-hybridized carbons (Fsp3) is 0.250. The average Bonchev–Trinajstić information content (AvgIpc) is 3.61. The van der Waals surface area contributed by atoms with Gasteiger partial charge in [-0.25, -0.2) is 9.67 Å². The number of likely N-dealkylation sites (tertiary alicyclic amines) is 1. The molecule has 1 aliphatic rings. The zero-order valence-corrected chi connectivity index (χ0v) is 18.7. The maximum atomic E-state index is 12.9. The molecule has 0 aliphatic carbocycles. The lowest BCUT2D eigenvalue weighted by Gasteiger charge is -2.16. The Morgan fingerprint density at radius 2 is 2.15 bits per heavy atom. The summed E-state index contributed by atoms with van der Waals surface area (Å²) in [7, 11) is 0. The Balaban J connectivity index is 1.15. The minimum Gasteiger partial charge on any atom is -0.493 e. The van der Waals surface area contributed by atoms with Crippen LogP contribution in [0.25, 0.3) is 5.82 Å². The minimum atomic E-state index is -0.0114. The first-order valence-corrected chi connectivity index (χ1v) is 11.2. The van der Waals surface area contributed by atoms with Crippen molar-refractivity contribution in [2.45, 2.75) is 18.8 Å². The first-order valence-electron chi connectivity index (χ1n) is 10.8. The molecular weight excluding hydrogens is 440 g/mol. The van der Waals surface area contributed by atoms with E-state index >= 15 is 0 Å². The van der Waals surface area contributed by atoms with Crippen molar-refractivity contribution in [1.82, 2.24) is 29.9 Å². The smallest absolute Gasteiger partial charge is 0.255 e. The van der Waals surface area contributed by atoms with E-state index < -0.39 is 0 Å². The van der Waals surface area contributed by atoms with Gasteiger partial charge >= 0.3 is 0 Å². The number of H-pyrrole nitrogens is 1. The number of aromatic nitrogens is 5. The van der Waals surface area contributed by atoms with Crippen molar-refractivity contribution >= 4 is 17.5 Å². The van der Waals surface area contributed by atoms with Gasteiger partial charge in [-0.15, -0.1) is 0 Å². The molecule has 1 saturated heterocycles. The number of aromatic amines is 1. The summed E-state index contributed by atoms with van der Waals surface area (Å²) < 4.78 is 7.42. The van der Waals surface area contributed by atoms with Crippen LogP contribution >= 0.6 is 11.6 Å². The van der Waals surface area contributed by atoms with Crippen molar-refractivity contribution in [3.05, 3.63) is 89.1 Å². The minimum absolute atomic E-state index is 0.0114. The van der Waals surface area contributed by atoms with Crippen LogP contribution in [-0.4, -0.2) is 55.5 Å². The van der Waals surface area contributed by atoms with Crippen LogP contribution in [0, 0.1) is 0 Å². The van der Waals surface area contributed by atoms with Crippen LogP contribution in [0.1, 0.15) is 34.1 Å². The Morgan fingerprint density at radius 1 is 1.21 bits per heavy atom. The topological polar surface area (TPSA) is 88.9 Å². The van der Waals surface area contributed by atoms with Gasteiger partial charge in [0.2, 0.25) is 0 Å². The summed E-state index contributed by atoms with van der Waals surface area (Å²) in [5.41, 5.74) is 2.57. The molecule has 8 nitrogen and oxygen atoms in total. The monoisotopic (exact) mass is 462 g/mol. The molecule has 0 bridgehead atoms. The summed E-state index contributed by atoms with van der Waals surface area (Å²) >= 11 is 5.99. The molecule has 33 heavy (non-hydrogen) atoms. The molecule has 0 saturated carbocycles. The van der Waals surface area contributed by atoms with Gasteiger partial charge in [0.05, 0.1) is 17.9 Å². The molecule has 4 aromatic rings. The molecule has 1 amide bonds. The fourth-order valence-electron chi connectivity index (χ4n) is 3.97. The summed E-state index contributed by atoms with van der Waals surface area (Å²) in [4.78, 5) is 19.2. The number of rotatable bonds is 7. The summed E-state index contributed by atoms with van der Waals surface area (Å²) in [6, 6.07) is 14.9. The highest BCUT2D eigenvalue weighted by molar-refractivity contribution is 6.30. The van der Waals surface area contributed by atoms with Crippen LogP contribution in [0.15, 0.2) is 67.1 Å². The number of hydrogen-bond acceptors (Lipinski definition) is 5. The summed E-state index contributed by atoms with van der Waals surface area (Å²) in [6.45, 7) is 1.87. The van der Waals surface area contributed by atoms with Crippen LogP contribution in [0.3, 0.4) is 0 Å². The average molecular weight is 463 g/mol. The lowest BCUT2D eigenvalue weighted by Crippen LogP contribution is -2.28. The standard InChI is InChI=1S/C24H23ClN6O2/c25-19-3-1-4-21(13-19)33-12-8-20-14-22(29-28-20)18-7-11-30(16-18)24(32)17-5-6-23(26-15-17)31-10-2-9-27-31/h1-6,9-10,13-15,18H,7-8,11-12,16H2,(H,28,29). The van der Waals surface area contributed by atoms with Gasteiger partial charge in [0.1, 0.15) is 5.75 Å². The number of benzene rings is 1. The van der Waals surface area contributed by atoms with Gasteiger partial charge < -0.3 is 9.64 Å². The van der Waals surface area contributed by atoms with Gasteiger partial charge in [0.15, 0.2) is 5.82 Å². The van der Waals surface area contributed by atoms with Gasteiger partial charge in [-0.3, -0.25) is 9.89 Å². The zero-order chi connectivity index (χ0) is 22.6. The van der Waals surface area contributed by atoms with Crippen molar-refractivity contribution in [3.8, 4) is 11.6 Å². The largest absolute Gasteiger partial charge is 0.493 e. The van der Waals surface area contributed by atoms with Gasteiger partial charge in [0, 0.05) is 54.7 Å². The van der Waals surface area contributed by atoms with Gasteiger partial charge in [-0.2, -0.15) is 10.2 Å². The number of nitrogens with one attached hydrogen (secondary N) is 1. The molecule has 1 atom stereocenters. The fourth-order valence-corrected chi connectivity index (χ4v) is 4.15. The zero-order valence-electron chi connectivity index (χ0n) is 17.9. The van der Waals surface area contributed by atoms with E-state index in [1.165, 1.54) is 0 Å². The van der Waals surface area contributed by atoms with Crippen molar-refractivity contribution < 1.29 is 9.53 Å². The van der Waals surface area contributed by atoms with Crippen LogP contribution in [0.2, 0.25) is 5.02 Å². The number of halogens is 1. The normalized spacial score (nSPS) is 15.7. The van der Waals surface area contributed by atoms with E-state index in [2.05, 4.69) is 26.3 Å². The Morgan fingerprint density at radius 3 is 2.94 bits per heavy atom. The number of ether oxygens (including phenoxy) is 1. The van der Waals surface area contributed by atoms with E-state index in [4.69, 9.17) is 16.3 Å². The lowest BCUT2D eigenvalue weighted by molar-refractivity contribution is 0.0790. The second-order valence-electron chi connectivity index (χ2n) is 7.97. The molecule has 0 radical (unpaired) electrons. The van der Waals surface area contributed by atoms with Crippen LogP contribution in [0.5, 0.6) is 5.75 Å². The number of pyridine rings is 1. The molecule has 1 N–H and O–H groups in total. The maximum absolute atomic E-state index is 12.9. The first kappa shape index (κ1) is 21.2. The van der Waals surface area contributed by atoms with Crippen LogP contribution in [-0.2, 0) is 6.42 Å². The molecule has 9 heteroatoms. The number of hydrogen-bond donors (Lipinski definition) is 1. The molecule has 0 spiro atoms. The Hall–Kier alpha value is -3.65. The third-order valence-electron chi connectivity index (χ3n) is 5.71. The predicted molar refractivity (Wildman–Crippen MR) is 124 cm³/mol. The van der Waals surface area contributed by atoms with Crippen molar-refractivity contribution in [2.75, 3.05) is 19.7 Å². The molecule has 1 aromatic carbocycles. The van der Waals surface area contributed by atoms with E-state index in [-0.39, 0.29) is 11.8 Å². The van der Waals surface area contributed by atoms with E-state index in [9.17, 15) is 4.79 Å².